The van der Waals surface area contributed by atoms with Crippen LogP contribution in [0.3, 0.4) is 0 Å². The Labute approximate surface area is 110 Å². The Balaban J connectivity index is 2.39. The highest BCUT2D eigenvalue weighted by atomic mass is 32.1. The second-order valence-corrected chi connectivity index (χ2v) is 4.29. The van der Waals surface area contributed by atoms with E-state index in [2.05, 4.69) is 10.3 Å². The van der Waals surface area contributed by atoms with Crippen molar-refractivity contribution in [1.29, 1.82) is 0 Å². The Morgan fingerprint density at radius 1 is 1.33 bits per heavy atom. The zero-order chi connectivity index (χ0) is 13.1. The first-order valence-electron chi connectivity index (χ1n) is 5.36. The molecule has 0 radical (unpaired) electrons. The standard InChI is InChI=1S/C13H12FN3S/c1-8-5-6-11(12(15)18)13(16-8)17-10-4-2-3-9(14)7-10/h2-7H,1H3,(H2,15,18)(H,16,17). The van der Waals surface area contributed by atoms with Gasteiger partial charge in [0.1, 0.15) is 16.6 Å². The average Bonchev–Trinajstić information content (AvgIpc) is 2.28. The number of benzene rings is 1. The molecule has 1 heterocycles. The number of hydrogen-bond donors (Lipinski definition) is 2. The lowest BCUT2D eigenvalue weighted by Gasteiger charge is -2.11. The number of thiocarbonyl (C=S) groups is 1. The highest BCUT2D eigenvalue weighted by molar-refractivity contribution is 7.80. The van der Waals surface area contributed by atoms with Crippen molar-refractivity contribution in [2.24, 2.45) is 5.73 Å². The molecular formula is C13H12FN3S. The van der Waals surface area contributed by atoms with Crippen molar-refractivity contribution in [2.75, 3.05) is 5.32 Å². The molecule has 0 spiro atoms. The van der Waals surface area contributed by atoms with Gasteiger partial charge in [0, 0.05) is 11.4 Å². The van der Waals surface area contributed by atoms with Crippen molar-refractivity contribution < 1.29 is 4.39 Å². The van der Waals surface area contributed by atoms with Crippen LogP contribution in [0.2, 0.25) is 0 Å². The number of halogens is 1. The normalized spacial score (nSPS) is 10.1. The zero-order valence-corrected chi connectivity index (χ0v) is 10.6. The fourth-order valence-corrected chi connectivity index (χ4v) is 1.72. The van der Waals surface area contributed by atoms with Crippen molar-refractivity contribution in [1.82, 2.24) is 4.98 Å². The number of nitrogens with zero attached hydrogens (tertiary/aromatic N) is 1. The van der Waals surface area contributed by atoms with E-state index in [4.69, 9.17) is 18.0 Å². The summed E-state index contributed by atoms with van der Waals surface area (Å²) in [5.74, 6) is 0.220. The summed E-state index contributed by atoms with van der Waals surface area (Å²) in [5, 5.41) is 3.02. The molecule has 0 amide bonds. The van der Waals surface area contributed by atoms with Gasteiger partial charge in [0.05, 0.1) is 5.56 Å². The van der Waals surface area contributed by atoms with E-state index >= 15 is 0 Å². The second kappa shape index (κ2) is 5.10. The van der Waals surface area contributed by atoms with Gasteiger partial charge < -0.3 is 11.1 Å². The van der Waals surface area contributed by atoms with Crippen LogP contribution < -0.4 is 11.1 Å². The smallest absolute Gasteiger partial charge is 0.140 e. The van der Waals surface area contributed by atoms with Crippen molar-refractivity contribution in [2.45, 2.75) is 6.92 Å². The Hall–Kier alpha value is -2.01. The van der Waals surface area contributed by atoms with Gasteiger partial charge in [-0.1, -0.05) is 18.3 Å². The first-order valence-corrected chi connectivity index (χ1v) is 5.77. The minimum atomic E-state index is -0.315. The number of aromatic nitrogens is 1. The number of anilines is 2. The summed E-state index contributed by atoms with van der Waals surface area (Å²) < 4.78 is 13.1. The third-order valence-electron chi connectivity index (χ3n) is 2.39. The number of hydrogen-bond acceptors (Lipinski definition) is 3. The highest BCUT2D eigenvalue weighted by Crippen LogP contribution is 2.20. The summed E-state index contributed by atoms with van der Waals surface area (Å²) in [6, 6.07) is 9.75. The van der Waals surface area contributed by atoms with Crippen molar-refractivity contribution in [3.05, 3.63) is 53.5 Å². The predicted molar refractivity (Wildman–Crippen MR) is 74.5 cm³/mol. The van der Waals surface area contributed by atoms with Gasteiger partial charge in [-0.15, -0.1) is 0 Å². The van der Waals surface area contributed by atoms with Gasteiger partial charge in [0.25, 0.3) is 0 Å². The molecule has 18 heavy (non-hydrogen) atoms. The zero-order valence-electron chi connectivity index (χ0n) is 9.77. The summed E-state index contributed by atoms with van der Waals surface area (Å²) in [5.41, 5.74) is 7.69. The van der Waals surface area contributed by atoms with Crippen LogP contribution >= 0.6 is 12.2 Å². The second-order valence-electron chi connectivity index (χ2n) is 3.85. The van der Waals surface area contributed by atoms with Crippen LogP contribution in [0.1, 0.15) is 11.3 Å². The minimum absolute atomic E-state index is 0.251. The number of nitrogens with two attached hydrogens (primary N) is 1. The van der Waals surface area contributed by atoms with E-state index in [9.17, 15) is 4.39 Å². The molecule has 1 aromatic carbocycles. The Morgan fingerprint density at radius 2 is 2.11 bits per heavy atom. The van der Waals surface area contributed by atoms with E-state index in [0.29, 0.717) is 17.1 Å². The molecule has 0 aliphatic rings. The molecule has 0 bridgehead atoms. The van der Waals surface area contributed by atoms with E-state index < -0.39 is 0 Å². The molecule has 3 nitrogen and oxygen atoms in total. The van der Waals surface area contributed by atoms with E-state index in [-0.39, 0.29) is 10.8 Å². The lowest BCUT2D eigenvalue weighted by molar-refractivity contribution is 0.628. The molecule has 0 aliphatic carbocycles. The van der Waals surface area contributed by atoms with Gasteiger partial charge in [-0.3, -0.25) is 0 Å². The van der Waals surface area contributed by atoms with Gasteiger partial charge >= 0.3 is 0 Å². The summed E-state index contributed by atoms with van der Waals surface area (Å²) in [4.78, 5) is 4.57. The van der Waals surface area contributed by atoms with Crippen LogP contribution in [0.25, 0.3) is 0 Å². The molecule has 1 aromatic heterocycles. The monoisotopic (exact) mass is 261 g/mol. The molecule has 0 saturated heterocycles. The van der Waals surface area contributed by atoms with E-state index in [1.54, 1.807) is 18.2 Å². The number of nitrogens with one attached hydrogen (secondary N) is 1. The largest absolute Gasteiger partial charge is 0.389 e. The molecule has 0 unspecified atom stereocenters. The lowest BCUT2D eigenvalue weighted by Crippen LogP contribution is -2.13. The van der Waals surface area contributed by atoms with Crippen LogP contribution in [0.15, 0.2) is 36.4 Å². The van der Waals surface area contributed by atoms with Crippen LogP contribution in [-0.2, 0) is 0 Å². The molecule has 5 heteroatoms. The van der Waals surface area contributed by atoms with Crippen molar-refractivity contribution in [3.8, 4) is 0 Å². The third kappa shape index (κ3) is 2.81. The topological polar surface area (TPSA) is 50.9 Å². The molecule has 0 aliphatic heterocycles. The number of pyridine rings is 1. The Bertz CT molecular complexity index is 599. The predicted octanol–water partition coefficient (Wildman–Crippen LogP) is 2.91. The summed E-state index contributed by atoms with van der Waals surface area (Å²) in [6.07, 6.45) is 0. The minimum Gasteiger partial charge on any atom is -0.389 e. The molecule has 2 aromatic rings. The maximum absolute atomic E-state index is 13.1. The van der Waals surface area contributed by atoms with E-state index in [0.717, 1.165) is 5.69 Å². The van der Waals surface area contributed by atoms with Gasteiger partial charge in [0.2, 0.25) is 0 Å². The fourth-order valence-electron chi connectivity index (χ4n) is 1.55. The van der Waals surface area contributed by atoms with Crippen LogP contribution in [0, 0.1) is 12.7 Å². The first-order chi connectivity index (χ1) is 8.56. The SMILES string of the molecule is Cc1ccc(C(N)=S)c(Nc2cccc(F)c2)n1. The molecule has 92 valence electrons. The van der Waals surface area contributed by atoms with Gasteiger partial charge in [-0.25, -0.2) is 9.37 Å². The Morgan fingerprint density at radius 3 is 2.78 bits per heavy atom. The van der Waals surface area contributed by atoms with Gasteiger partial charge in [-0.05, 0) is 37.3 Å². The first kappa shape index (κ1) is 12.4. The summed E-state index contributed by atoms with van der Waals surface area (Å²) in [6.45, 7) is 1.86. The van der Waals surface area contributed by atoms with Gasteiger partial charge in [0.15, 0.2) is 0 Å². The van der Waals surface area contributed by atoms with Crippen molar-refractivity contribution in [3.63, 3.8) is 0 Å². The fraction of sp³-hybridized carbons (Fsp3) is 0.0769. The van der Waals surface area contributed by atoms with Gasteiger partial charge in [-0.2, -0.15) is 0 Å². The van der Waals surface area contributed by atoms with Crippen molar-refractivity contribution >= 4 is 28.7 Å². The summed E-state index contributed by atoms with van der Waals surface area (Å²) in [7, 11) is 0. The average molecular weight is 261 g/mol. The number of aryl methyl sites for hydroxylation is 1. The maximum atomic E-state index is 13.1. The third-order valence-corrected chi connectivity index (χ3v) is 2.61. The molecule has 0 fully saturated rings. The Kier molecular flexibility index (Phi) is 3.53. The van der Waals surface area contributed by atoms with E-state index in [1.165, 1.54) is 12.1 Å². The molecule has 3 N–H and O–H groups in total. The summed E-state index contributed by atoms with van der Waals surface area (Å²) >= 11 is 4.96. The van der Waals surface area contributed by atoms with Crippen LogP contribution in [-0.4, -0.2) is 9.97 Å². The number of rotatable bonds is 3. The highest BCUT2D eigenvalue weighted by Gasteiger charge is 2.07. The van der Waals surface area contributed by atoms with Crippen LogP contribution in [0.4, 0.5) is 15.9 Å². The quantitative estimate of drug-likeness (QED) is 0.834. The molecule has 0 saturated carbocycles. The van der Waals surface area contributed by atoms with Crippen LogP contribution in [0.5, 0.6) is 0 Å². The lowest BCUT2D eigenvalue weighted by atomic mass is 10.2. The van der Waals surface area contributed by atoms with E-state index in [1.807, 2.05) is 13.0 Å². The molecule has 2 rings (SSSR count). The maximum Gasteiger partial charge on any atom is 0.140 e. The molecular weight excluding hydrogens is 249 g/mol. The molecule has 0 atom stereocenters.